The van der Waals surface area contributed by atoms with Gasteiger partial charge in [-0.1, -0.05) is 26.8 Å². The summed E-state index contributed by atoms with van der Waals surface area (Å²) in [5, 5.41) is 3.79. The highest BCUT2D eigenvalue weighted by molar-refractivity contribution is 5.11. The molecule has 20 heavy (non-hydrogen) atoms. The summed E-state index contributed by atoms with van der Waals surface area (Å²) in [4.78, 5) is 4.26. The van der Waals surface area contributed by atoms with E-state index in [0.717, 1.165) is 18.9 Å². The first kappa shape index (κ1) is 15.5. The van der Waals surface area contributed by atoms with Crippen LogP contribution in [-0.2, 0) is 6.42 Å². The van der Waals surface area contributed by atoms with Crippen LogP contribution in [0.4, 0.5) is 0 Å². The molecule has 1 heterocycles. The van der Waals surface area contributed by atoms with Gasteiger partial charge in [0.05, 0.1) is 0 Å². The van der Waals surface area contributed by atoms with Gasteiger partial charge >= 0.3 is 0 Å². The van der Waals surface area contributed by atoms with Gasteiger partial charge in [-0.15, -0.1) is 0 Å². The Morgan fingerprint density at radius 1 is 1.35 bits per heavy atom. The summed E-state index contributed by atoms with van der Waals surface area (Å²) >= 11 is 0. The second-order valence-electron chi connectivity index (χ2n) is 7.13. The zero-order chi connectivity index (χ0) is 14.4. The largest absolute Gasteiger partial charge is 0.313 e. The molecule has 0 radical (unpaired) electrons. The first-order valence-electron chi connectivity index (χ1n) is 8.23. The standard InChI is InChI=1S/C18H30N2/c1-4-11-20-17(13-15-6-5-12-19-14-15)16-7-9-18(2,3)10-8-16/h5-6,12,14,16-17,20H,4,7-11,13H2,1-3H3. The van der Waals surface area contributed by atoms with Crippen molar-refractivity contribution in [3.63, 3.8) is 0 Å². The van der Waals surface area contributed by atoms with Crippen LogP contribution in [0.15, 0.2) is 24.5 Å². The third-order valence-corrected chi connectivity index (χ3v) is 4.79. The number of nitrogens with zero attached hydrogens (tertiary/aromatic N) is 1. The van der Waals surface area contributed by atoms with E-state index in [1.807, 2.05) is 12.4 Å². The van der Waals surface area contributed by atoms with Crippen molar-refractivity contribution in [2.75, 3.05) is 6.54 Å². The van der Waals surface area contributed by atoms with Crippen LogP contribution in [0, 0.1) is 11.3 Å². The maximum Gasteiger partial charge on any atom is 0.0300 e. The molecule has 112 valence electrons. The summed E-state index contributed by atoms with van der Waals surface area (Å²) < 4.78 is 0. The molecule has 1 aliphatic rings. The predicted molar refractivity (Wildman–Crippen MR) is 85.8 cm³/mol. The lowest BCUT2D eigenvalue weighted by Crippen LogP contribution is -2.41. The normalized spacial score (nSPS) is 20.8. The average Bonchev–Trinajstić information content (AvgIpc) is 2.45. The van der Waals surface area contributed by atoms with E-state index in [-0.39, 0.29) is 0 Å². The molecule has 0 bridgehead atoms. The Morgan fingerprint density at radius 3 is 2.70 bits per heavy atom. The van der Waals surface area contributed by atoms with Crippen molar-refractivity contribution >= 4 is 0 Å². The van der Waals surface area contributed by atoms with Gasteiger partial charge < -0.3 is 5.32 Å². The molecule has 0 saturated heterocycles. The minimum absolute atomic E-state index is 0.556. The fraction of sp³-hybridized carbons (Fsp3) is 0.722. The number of rotatable bonds is 6. The molecule has 1 saturated carbocycles. The van der Waals surface area contributed by atoms with Gasteiger partial charge in [0.1, 0.15) is 0 Å². The first-order chi connectivity index (χ1) is 9.61. The molecule has 1 fully saturated rings. The van der Waals surface area contributed by atoms with Gasteiger partial charge in [0, 0.05) is 18.4 Å². The Balaban J connectivity index is 1.96. The van der Waals surface area contributed by atoms with Crippen molar-refractivity contribution in [2.45, 2.75) is 65.3 Å². The summed E-state index contributed by atoms with van der Waals surface area (Å²) in [6, 6.07) is 4.88. The SMILES string of the molecule is CCCNC(Cc1cccnc1)C1CCC(C)(C)CC1. The zero-order valence-electron chi connectivity index (χ0n) is 13.4. The smallest absolute Gasteiger partial charge is 0.0300 e. The molecule has 1 unspecified atom stereocenters. The van der Waals surface area contributed by atoms with Gasteiger partial charge in [-0.05, 0) is 68.0 Å². The van der Waals surface area contributed by atoms with Gasteiger partial charge in [-0.25, -0.2) is 0 Å². The van der Waals surface area contributed by atoms with Gasteiger partial charge in [-0.2, -0.15) is 0 Å². The maximum atomic E-state index is 4.26. The Bertz CT molecular complexity index is 376. The van der Waals surface area contributed by atoms with E-state index in [2.05, 4.69) is 43.2 Å². The topological polar surface area (TPSA) is 24.9 Å². The minimum Gasteiger partial charge on any atom is -0.313 e. The van der Waals surface area contributed by atoms with Crippen molar-refractivity contribution in [3.8, 4) is 0 Å². The molecular weight excluding hydrogens is 244 g/mol. The van der Waals surface area contributed by atoms with E-state index in [1.54, 1.807) is 0 Å². The third-order valence-electron chi connectivity index (χ3n) is 4.79. The van der Waals surface area contributed by atoms with Gasteiger partial charge in [0.25, 0.3) is 0 Å². The van der Waals surface area contributed by atoms with Crippen LogP contribution in [0.3, 0.4) is 0 Å². The summed E-state index contributed by atoms with van der Waals surface area (Å²) in [5.74, 6) is 0.829. The van der Waals surface area contributed by atoms with Crippen LogP contribution in [0.2, 0.25) is 0 Å². The molecule has 0 aliphatic heterocycles. The van der Waals surface area contributed by atoms with Crippen molar-refractivity contribution in [3.05, 3.63) is 30.1 Å². The second kappa shape index (κ2) is 7.21. The van der Waals surface area contributed by atoms with E-state index in [1.165, 1.54) is 37.7 Å². The summed E-state index contributed by atoms with van der Waals surface area (Å²) in [6.07, 6.45) is 11.7. The van der Waals surface area contributed by atoms with Gasteiger partial charge in [0.2, 0.25) is 0 Å². The molecule has 0 spiro atoms. The van der Waals surface area contributed by atoms with Crippen molar-refractivity contribution < 1.29 is 0 Å². The number of aromatic nitrogens is 1. The zero-order valence-corrected chi connectivity index (χ0v) is 13.4. The Labute approximate surface area is 124 Å². The molecule has 0 amide bonds. The molecule has 1 atom stereocenters. The van der Waals surface area contributed by atoms with E-state index >= 15 is 0 Å². The van der Waals surface area contributed by atoms with Gasteiger partial charge in [0.15, 0.2) is 0 Å². The lowest BCUT2D eigenvalue weighted by molar-refractivity contribution is 0.160. The van der Waals surface area contributed by atoms with E-state index < -0.39 is 0 Å². The fourth-order valence-electron chi connectivity index (χ4n) is 3.33. The summed E-state index contributed by atoms with van der Waals surface area (Å²) in [5.41, 5.74) is 1.92. The molecule has 2 heteroatoms. The van der Waals surface area contributed by atoms with E-state index in [9.17, 15) is 0 Å². The van der Waals surface area contributed by atoms with Gasteiger partial charge in [-0.3, -0.25) is 4.98 Å². The molecule has 2 rings (SSSR count). The maximum absolute atomic E-state index is 4.26. The Morgan fingerprint density at radius 2 is 2.10 bits per heavy atom. The first-order valence-corrected chi connectivity index (χ1v) is 8.23. The second-order valence-corrected chi connectivity index (χ2v) is 7.13. The van der Waals surface area contributed by atoms with Crippen LogP contribution in [-0.4, -0.2) is 17.6 Å². The number of nitrogens with one attached hydrogen (secondary N) is 1. The lowest BCUT2D eigenvalue weighted by Gasteiger charge is -2.38. The highest BCUT2D eigenvalue weighted by atomic mass is 14.9. The molecular formula is C18H30N2. The molecule has 2 nitrogen and oxygen atoms in total. The van der Waals surface area contributed by atoms with Crippen LogP contribution in [0.25, 0.3) is 0 Å². The lowest BCUT2D eigenvalue weighted by atomic mass is 9.70. The molecule has 1 N–H and O–H groups in total. The Kier molecular flexibility index (Phi) is 5.59. The van der Waals surface area contributed by atoms with Crippen LogP contribution >= 0.6 is 0 Å². The summed E-state index contributed by atoms with van der Waals surface area (Å²) in [7, 11) is 0. The molecule has 1 aliphatic carbocycles. The number of pyridine rings is 1. The summed E-state index contributed by atoms with van der Waals surface area (Å²) in [6.45, 7) is 8.21. The van der Waals surface area contributed by atoms with Crippen molar-refractivity contribution in [1.82, 2.24) is 10.3 Å². The quantitative estimate of drug-likeness (QED) is 0.840. The number of hydrogen-bond acceptors (Lipinski definition) is 2. The monoisotopic (exact) mass is 274 g/mol. The van der Waals surface area contributed by atoms with E-state index in [4.69, 9.17) is 0 Å². The van der Waals surface area contributed by atoms with Crippen molar-refractivity contribution in [1.29, 1.82) is 0 Å². The van der Waals surface area contributed by atoms with Crippen LogP contribution in [0.5, 0.6) is 0 Å². The van der Waals surface area contributed by atoms with Crippen molar-refractivity contribution in [2.24, 2.45) is 11.3 Å². The molecule has 0 aromatic carbocycles. The minimum atomic E-state index is 0.556. The Hall–Kier alpha value is -0.890. The highest BCUT2D eigenvalue weighted by Crippen LogP contribution is 2.39. The average molecular weight is 274 g/mol. The fourth-order valence-corrected chi connectivity index (χ4v) is 3.33. The third kappa shape index (κ3) is 4.59. The highest BCUT2D eigenvalue weighted by Gasteiger charge is 2.31. The number of hydrogen-bond donors (Lipinski definition) is 1. The van der Waals surface area contributed by atoms with E-state index in [0.29, 0.717) is 11.5 Å². The molecule has 1 aromatic heterocycles. The van der Waals surface area contributed by atoms with Crippen LogP contribution < -0.4 is 5.32 Å². The van der Waals surface area contributed by atoms with Crippen LogP contribution in [0.1, 0.15) is 58.4 Å². The molecule has 1 aromatic rings. The predicted octanol–water partition coefficient (Wildman–Crippen LogP) is 4.21.